The number of carbonyl (C=O) groups excluding carboxylic acids is 1. The van der Waals surface area contributed by atoms with Crippen LogP contribution in [0.3, 0.4) is 0 Å². The van der Waals surface area contributed by atoms with Gasteiger partial charge in [-0.1, -0.05) is 36.7 Å². The van der Waals surface area contributed by atoms with Crippen molar-refractivity contribution < 1.29 is 14.3 Å². The molecule has 0 spiro atoms. The summed E-state index contributed by atoms with van der Waals surface area (Å²) < 4.78 is 12.0. The van der Waals surface area contributed by atoms with Crippen molar-refractivity contribution in [2.24, 2.45) is 0 Å². The van der Waals surface area contributed by atoms with Gasteiger partial charge in [-0.15, -0.1) is 0 Å². The van der Waals surface area contributed by atoms with Crippen molar-refractivity contribution in [3.05, 3.63) is 58.6 Å². The molecule has 0 saturated carbocycles. The Morgan fingerprint density at radius 2 is 2.11 bits per heavy atom. The molecule has 1 aliphatic rings. The molecule has 1 aliphatic heterocycles. The van der Waals surface area contributed by atoms with Crippen LogP contribution in [0.2, 0.25) is 5.02 Å². The van der Waals surface area contributed by atoms with Crippen LogP contribution < -0.4 is 14.8 Å². The molecule has 0 saturated heterocycles. The van der Waals surface area contributed by atoms with E-state index in [0.717, 1.165) is 16.9 Å². The Morgan fingerprint density at radius 3 is 2.81 bits per heavy atom. The molecule has 1 heterocycles. The molecule has 0 aliphatic carbocycles. The van der Waals surface area contributed by atoms with Crippen molar-refractivity contribution in [3.63, 3.8) is 0 Å². The number of aryl methyl sites for hydroxylation is 1. The Bertz CT molecular complexity index is 834. The minimum atomic E-state index is -0.580. The summed E-state index contributed by atoms with van der Waals surface area (Å²) >= 11 is 6.01. The first-order chi connectivity index (χ1) is 12.8. The van der Waals surface area contributed by atoms with Crippen molar-refractivity contribution in [1.82, 2.24) is 5.32 Å². The summed E-state index contributed by atoms with van der Waals surface area (Å²) in [5.41, 5.74) is 1.78. The highest BCUT2D eigenvalue weighted by molar-refractivity contribution is 6.30. The average Bonchev–Trinajstić information content (AvgIpc) is 2.58. The lowest BCUT2D eigenvalue weighted by Gasteiger charge is -2.38. The first-order valence-corrected chi connectivity index (χ1v) is 9.67. The normalized spacial score (nSPS) is 18.8. The molecule has 2 unspecified atom stereocenters. The number of benzene rings is 2. The van der Waals surface area contributed by atoms with Gasteiger partial charge in [0.2, 0.25) is 0 Å². The molecular weight excluding hydrogens is 362 g/mol. The van der Waals surface area contributed by atoms with Crippen LogP contribution in [0.15, 0.2) is 42.5 Å². The van der Waals surface area contributed by atoms with Crippen LogP contribution in [0.4, 0.5) is 0 Å². The summed E-state index contributed by atoms with van der Waals surface area (Å²) in [5, 5.41) is 3.74. The molecule has 2 atom stereocenters. The van der Waals surface area contributed by atoms with Gasteiger partial charge in [0.1, 0.15) is 17.1 Å². The number of rotatable bonds is 5. The molecule has 0 radical (unpaired) electrons. The van der Waals surface area contributed by atoms with E-state index >= 15 is 0 Å². The number of carbonyl (C=O) groups is 1. The summed E-state index contributed by atoms with van der Waals surface area (Å²) in [6.45, 7) is 8.04. The molecule has 0 bridgehead atoms. The fraction of sp³-hybridized carbons (Fsp3) is 0.409. The molecule has 0 aromatic heterocycles. The summed E-state index contributed by atoms with van der Waals surface area (Å²) in [4.78, 5) is 12.9. The number of hydrogen-bond donors (Lipinski definition) is 1. The number of nitrogens with one attached hydrogen (secondary N) is 1. The molecule has 2 aromatic rings. The largest absolute Gasteiger partial charge is 0.487 e. The Morgan fingerprint density at radius 1 is 1.33 bits per heavy atom. The monoisotopic (exact) mass is 387 g/mol. The lowest BCUT2D eigenvalue weighted by molar-refractivity contribution is -0.129. The maximum absolute atomic E-state index is 12.9. The zero-order chi connectivity index (χ0) is 19.6. The van der Waals surface area contributed by atoms with Gasteiger partial charge in [0, 0.05) is 17.0 Å². The molecule has 27 heavy (non-hydrogen) atoms. The van der Waals surface area contributed by atoms with Crippen LogP contribution >= 0.6 is 11.6 Å². The zero-order valence-corrected chi connectivity index (χ0v) is 17.0. The predicted octanol–water partition coefficient (Wildman–Crippen LogP) is 5.22. The van der Waals surface area contributed by atoms with Gasteiger partial charge >= 0.3 is 0 Å². The molecule has 5 heteroatoms. The van der Waals surface area contributed by atoms with Crippen molar-refractivity contribution in [3.8, 4) is 11.5 Å². The maximum atomic E-state index is 12.9. The average molecular weight is 388 g/mol. The molecule has 144 valence electrons. The van der Waals surface area contributed by atoms with E-state index in [1.165, 1.54) is 0 Å². The van der Waals surface area contributed by atoms with E-state index in [1.54, 1.807) is 18.2 Å². The minimum absolute atomic E-state index is 0.117. The van der Waals surface area contributed by atoms with Gasteiger partial charge in [0.05, 0.1) is 6.04 Å². The highest BCUT2D eigenvalue weighted by Crippen LogP contribution is 2.40. The third-order valence-electron chi connectivity index (χ3n) is 4.68. The molecule has 1 N–H and O–H groups in total. The Labute approximate surface area is 165 Å². The predicted molar refractivity (Wildman–Crippen MR) is 108 cm³/mol. The molecule has 4 nitrogen and oxygen atoms in total. The Kier molecular flexibility index (Phi) is 5.66. The maximum Gasteiger partial charge on any atom is 0.261 e. The molecular formula is C22H26ClNO3. The standard InChI is InChI=1S/C22H26ClNO3/c1-5-19(26-16-8-6-7-15(23)12-16)21(25)24-18-13-22(3,4)27-20-11-14(2)9-10-17(18)20/h6-12,18-19H,5,13H2,1-4H3,(H,24,25). The van der Waals surface area contributed by atoms with Crippen LogP contribution in [0.1, 0.15) is 50.8 Å². The smallest absolute Gasteiger partial charge is 0.261 e. The van der Waals surface area contributed by atoms with Crippen molar-refractivity contribution >= 4 is 17.5 Å². The van der Waals surface area contributed by atoms with E-state index in [0.29, 0.717) is 23.6 Å². The summed E-state index contributed by atoms with van der Waals surface area (Å²) in [5.74, 6) is 1.29. The number of hydrogen-bond acceptors (Lipinski definition) is 3. The molecule has 0 fully saturated rings. The summed E-state index contributed by atoms with van der Waals surface area (Å²) in [6.07, 6.45) is 0.678. The van der Waals surface area contributed by atoms with Gasteiger partial charge in [0.15, 0.2) is 6.10 Å². The third kappa shape index (κ3) is 4.75. The number of amides is 1. The van der Waals surface area contributed by atoms with Gasteiger partial charge in [-0.3, -0.25) is 4.79 Å². The van der Waals surface area contributed by atoms with E-state index in [1.807, 2.05) is 52.0 Å². The van der Waals surface area contributed by atoms with E-state index in [4.69, 9.17) is 21.1 Å². The quantitative estimate of drug-likeness (QED) is 0.764. The second-order valence-corrected chi connectivity index (χ2v) is 8.08. The van der Waals surface area contributed by atoms with Gasteiger partial charge in [-0.05, 0) is 57.0 Å². The van der Waals surface area contributed by atoms with E-state index < -0.39 is 6.10 Å². The topological polar surface area (TPSA) is 47.6 Å². The second kappa shape index (κ2) is 7.81. The van der Waals surface area contributed by atoms with Gasteiger partial charge in [-0.25, -0.2) is 0 Å². The Balaban J connectivity index is 1.77. The van der Waals surface area contributed by atoms with Crippen LogP contribution in [0.25, 0.3) is 0 Å². The highest BCUT2D eigenvalue weighted by Gasteiger charge is 2.35. The van der Waals surface area contributed by atoms with E-state index in [9.17, 15) is 4.79 Å². The minimum Gasteiger partial charge on any atom is -0.487 e. The van der Waals surface area contributed by atoms with Gasteiger partial charge < -0.3 is 14.8 Å². The van der Waals surface area contributed by atoms with E-state index in [2.05, 4.69) is 5.32 Å². The van der Waals surface area contributed by atoms with Gasteiger partial charge in [-0.2, -0.15) is 0 Å². The fourth-order valence-corrected chi connectivity index (χ4v) is 3.56. The fourth-order valence-electron chi connectivity index (χ4n) is 3.38. The zero-order valence-electron chi connectivity index (χ0n) is 16.2. The first kappa shape index (κ1) is 19.6. The molecule has 3 rings (SSSR count). The van der Waals surface area contributed by atoms with Gasteiger partial charge in [0.25, 0.3) is 5.91 Å². The van der Waals surface area contributed by atoms with E-state index in [-0.39, 0.29) is 17.6 Å². The van der Waals surface area contributed by atoms with Crippen LogP contribution in [0, 0.1) is 6.92 Å². The van der Waals surface area contributed by atoms with Crippen LogP contribution in [-0.2, 0) is 4.79 Å². The Hall–Kier alpha value is -2.20. The summed E-state index contributed by atoms with van der Waals surface area (Å²) in [6, 6.07) is 13.1. The van der Waals surface area contributed by atoms with Crippen LogP contribution in [-0.4, -0.2) is 17.6 Å². The van der Waals surface area contributed by atoms with Crippen molar-refractivity contribution in [1.29, 1.82) is 0 Å². The number of halogens is 1. The highest BCUT2D eigenvalue weighted by atomic mass is 35.5. The lowest BCUT2D eigenvalue weighted by atomic mass is 9.89. The number of fused-ring (bicyclic) bond motifs is 1. The van der Waals surface area contributed by atoms with Crippen molar-refractivity contribution in [2.45, 2.75) is 58.3 Å². The second-order valence-electron chi connectivity index (χ2n) is 7.64. The third-order valence-corrected chi connectivity index (χ3v) is 4.92. The first-order valence-electron chi connectivity index (χ1n) is 9.29. The SMILES string of the molecule is CCC(Oc1cccc(Cl)c1)C(=O)NC1CC(C)(C)Oc2cc(C)ccc21. The molecule has 2 aromatic carbocycles. The summed E-state index contributed by atoms with van der Waals surface area (Å²) in [7, 11) is 0. The number of ether oxygens (including phenoxy) is 2. The lowest BCUT2D eigenvalue weighted by Crippen LogP contribution is -2.45. The van der Waals surface area contributed by atoms with Crippen molar-refractivity contribution in [2.75, 3.05) is 0 Å². The van der Waals surface area contributed by atoms with Crippen LogP contribution in [0.5, 0.6) is 11.5 Å². The molecule has 1 amide bonds.